The van der Waals surface area contributed by atoms with Crippen LogP contribution in [0.4, 0.5) is 0 Å². The Morgan fingerprint density at radius 3 is 2.26 bits per heavy atom. The van der Waals surface area contributed by atoms with E-state index in [-0.39, 0.29) is 23.8 Å². The van der Waals surface area contributed by atoms with E-state index in [2.05, 4.69) is 11.0 Å². The third kappa shape index (κ3) is 5.37. The fourth-order valence-electron chi connectivity index (χ4n) is 6.16. The zero-order chi connectivity index (χ0) is 27.0. The van der Waals surface area contributed by atoms with Gasteiger partial charge in [-0.1, -0.05) is 65.7 Å². The topological polar surface area (TPSA) is 57.7 Å². The van der Waals surface area contributed by atoms with Crippen LogP contribution < -0.4 is 0 Å². The molecule has 3 aromatic carbocycles. The Morgan fingerprint density at radius 2 is 1.58 bits per heavy atom. The van der Waals surface area contributed by atoms with Gasteiger partial charge in [-0.25, -0.2) is 8.42 Å². The molecule has 0 aliphatic carbocycles. The minimum Gasteiger partial charge on any atom is -0.334 e. The van der Waals surface area contributed by atoms with E-state index in [0.717, 1.165) is 61.2 Å². The summed E-state index contributed by atoms with van der Waals surface area (Å²) in [4.78, 5) is 17.8. The molecule has 2 aliphatic rings. The Labute approximate surface area is 235 Å². The predicted molar refractivity (Wildman–Crippen MR) is 153 cm³/mol. The van der Waals surface area contributed by atoms with Crippen molar-refractivity contribution in [3.05, 3.63) is 99.0 Å². The second kappa shape index (κ2) is 11.0. The molecule has 0 aromatic heterocycles. The summed E-state index contributed by atoms with van der Waals surface area (Å²) in [6.07, 6.45) is 3.95. The van der Waals surface area contributed by atoms with Gasteiger partial charge in [-0.15, -0.1) is 0 Å². The third-order valence-corrected chi connectivity index (χ3v) is 10.0. The second-order valence-corrected chi connectivity index (χ2v) is 13.2. The molecule has 0 N–H and O–H groups in total. The lowest BCUT2D eigenvalue weighted by atomic mass is 9.84. The summed E-state index contributed by atoms with van der Waals surface area (Å²) in [7, 11) is -1.39. The number of fused-ring (bicyclic) bond motifs is 1. The molecule has 0 radical (unpaired) electrons. The highest BCUT2D eigenvalue weighted by Crippen LogP contribution is 2.45. The van der Waals surface area contributed by atoms with Gasteiger partial charge in [0.05, 0.1) is 21.0 Å². The number of piperidine rings is 1. The minimum atomic E-state index is -3.26. The maximum Gasteiger partial charge on any atom is 0.254 e. The summed E-state index contributed by atoms with van der Waals surface area (Å²) < 4.78 is 24.6. The molecule has 3 aromatic rings. The van der Waals surface area contributed by atoms with Crippen LogP contribution in [0, 0.1) is 0 Å². The first-order valence-electron chi connectivity index (χ1n) is 13.0. The number of benzene rings is 3. The largest absolute Gasteiger partial charge is 0.334 e. The summed E-state index contributed by atoms with van der Waals surface area (Å²) in [6, 6.07) is 20.9. The van der Waals surface area contributed by atoms with Crippen LogP contribution >= 0.6 is 23.2 Å². The van der Waals surface area contributed by atoms with E-state index in [0.29, 0.717) is 14.9 Å². The van der Waals surface area contributed by atoms with Gasteiger partial charge in [0.1, 0.15) is 0 Å². The molecule has 8 heteroatoms. The lowest BCUT2D eigenvalue weighted by molar-refractivity contribution is 0.0746. The summed E-state index contributed by atoms with van der Waals surface area (Å²) in [6.45, 7) is 2.66. The molecule has 200 valence electrons. The summed E-state index contributed by atoms with van der Waals surface area (Å²) in [5.74, 6) is 0.320. The molecule has 1 saturated heterocycles. The van der Waals surface area contributed by atoms with Gasteiger partial charge in [-0.05, 0) is 85.8 Å². The maximum atomic E-state index is 13.1. The number of hydrogen-bond acceptors (Lipinski definition) is 4. The van der Waals surface area contributed by atoms with Crippen LogP contribution in [-0.2, 0) is 9.84 Å². The van der Waals surface area contributed by atoms with Crippen LogP contribution in [0.15, 0.2) is 71.6 Å². The van der Waals surface area contributed by atoms with E-state index in [4.69, 9.17) is 23.2 Å². The van der Waals surface area contributed by atoms with Crippen LogP contribution in [0.2, 0.25) is 10.0 Å². The molecule has 1 amide bonds. The molecule has 2 aliphatic heterocycles. The highest BCUT2D eigenvalue weighted by atomic mass is 35.5. The summed E-state index contributed by atoms with van der Waals surface area (Å²) in [5, 5.41) is 1.03. The van der Waals surface area contributed by atoms with Gasteiger partial charge in [0.25, 0.3) is 5.91 Å². The molecule has 38 heavy (non-hydrogen) atoms. The smallest absolute Gasteiger partial charge is 0.254 e. The SMILES string of the molecule is CN1C(=O)c2ccccc2C1C(CCN1CCC(c2ccccc2S(C)(=O)=O)CC1)c1ccc(Cl)c(Cl)c1. The first-order valence-corrected chi connectivity index (χ1v) is 15.6. The molecular formula is C30H32Cl2N2O3S. The van der Waals surface area contributed by atoms with Crippen molar-refractivity contribution in [1.82, 2.24) is 9.80 Å². The zero-order valence-electron chi connectivity index (χ0n) is 21.6. The van der Waals surface area contributed by atoms with E-state index in [1.165, 1.54) is 6.26 Å². The van der Waals surface area contributed by atoms with Crippen LogP contribution in [0.3, 0.4) is 0 Å². The molecule has 2 heterocycles. The standard InChI is InChI=1S/C30H32Cl2N2O3S/c1-33-29(24-8-3-4-9-25(24)30(33)35)23(21-11-12-26(31)27(32)19-21)15-18-34-16-13-20(14-17-34)22-7-5-6-10-28(22)38(2,36)37/h3-12,19-20,23,29H,13-18H2,1-2H3. The van der Waals surface area contributed by atoms with Gasteiger partial charge >= 0.3 is 0 Å². The maximum absolute atomic E-state index is 13.1. The molecule has 1 fully saturated rings. The van der Waals surface area contributed by atoms with E-state index >= 15 is 0 Å². The van der Waals surface area contributed by atoms with E-state index in [9.17, 15) is 13.2 Å². The molecular weight excluding hydrogens is 539 g/mol. The van der Waals surface area contributed by atoms with E-state index in [1.807, 2.05) is 60.5 Å². The van der Waals surface area contributed by atoms with Crippen LogP contribution in [0.5, 0.6) is 0 Å². The predicted octanol–water partition coefficient (Wildman–Crippen LogP) is 6.58. The summed E-state index contributed by atoms with van der Waals surface area (Å²) in [5.41, 5.74) is 3.81. The molecule has 0 spiro atoms. The Morgan fingerprint density at radius 1 is 0.921 bits per heavy atom. The van der Waals surface area contributed by atoms with Gasteiger partial charge in [0, 0.05) is 24.8 Å². The zero-order valence-corrected chi connectivity index (χ0v) is 23.9. The van der Waals surface area contributed by atoms with Gasteiger partial charge in [0.2, 0.25) is 0 Å². The number of halogens is 2. The highest BCUT2D eigenvalue weighted by Gasteiger charge is 2.39. The Hall–Kier alpha value is -2.38. The number of hydrogen-bond donors (Lipinski definition) is 0. The molecule has 5 nitrogen and oxygen atoms in total. The van der Waals surface area contributed by atoms with Crippen LogP contribution in [0.1, 0.15) is 64.2 Å². The van der Waals surface area contributed by atoms with Crippen molar-refractivity contribution >= 4 is 38.9 Å². The Kier molecular flexibility index (Phi) is 7.88. The fourth-order valence-corrected chi connectivity index (χ4v) is 7.45. The van der Waals surface area contributed by atoms with E-state index in [1.54, 1.807) is 12.1 Å². The van der Waals surface area contributed by atoms with Crippen LogP contribution in [0.25, 0.3) is 0 Å². The van der Waals surface area contributed by atoms with Gasteiger partial charge in [-0.3, -0.25) is 4.79 Å². The van der Waals surface area contributed by atoms with Crippen molar-refractivity contribution in [3.63, 3.8) is 0 Å². The molecule has 2 atom stereocenters. The first kappa shape index (κ1) is 27.2. The molecule has 5 rings (SSSR count). The fraction of sp³-hybridized carbons (Fsp3) is 0.367. The summed E-state index contributed by atoms with van der Waals surface area (Å²) >= 11 is 12.7. The number of amides is 1. The normalized spacial score (nSPS) is 19.5. The van der Waals surface area contributed by atoms with Crippen molar-refractivity contribution in [3.8, 4) is 0 Å². The van der Waals surface area contributed by atoms with E-state index < -0.39 is 9.84 Å². The first-order chi connectivity index (χ1) is 18.1. The monoisotopic (exact) mass is 570 g/mol. The van der Waals surface area contributed by atoms with Crippen LogP contribution in [-0.4, -0.2) is 57.1 Å². The molecule has 0 saturated carbocycles. The van der Waals surface area contributed by atoms with Crippen molar-refractivity contribution in [1.29, 1.82) is 0 Å². The Bertz CT molecular complexity index is 1450. The van der Waals surface area contributed by atoms with Crippen molar-refractivity contribution < 1.29 is 13.2 Å². The molecule has 2 unspecified atom stereocenters. The number of likely N-dealkylation sites (N-methyl/N-ethyl adjacent to an activating group) is 1. The number of nitrogens with zero attached hydrogens (tertiary/aromatic N) is 2. The second-order valence-electron chi connectivity index (χ2n) is 10.4. The number of likely N-dealkylation sites (tertiary alicyclic amines) is 1. The number of carbonyl (C=O) groups is 1. The number of carbonyl (C=O) groups excluding carboxylic acids is 1. The molecule has 0 bridgehead atoms. The van der Waals surface area contributed by atoms with Crippen molar-refractivity contribution in [2.75, 3.05) is 32.9 Å². The third-order valence-electron chi connectivity index (χ3n) is 8.10. The van der Waals surface area contributed by atoms with Gasteiger partial charge in [-0.2, -0.15) is 0 Å². The number of rotatable bonds is 7. The average molecular weight is 572 g/mol. The van der Waals surface area contributed by atoms with Gasteiger partial charge < -0.3 is 9.80 Å². The van der Waals surface area contributed by atoms with Crippen molar-refractivity contribution in [2.24, 2.45) is 0 Å². The Balaban J connectivity index is 1.34. The lowest BCUT2D eigenvalue weighted by Crippen LogP contribution is -2.36. The average Bonchev–Trinajstić information content (AvgIpc) is 3.16. The quantitative estimate of drug-likeness (QED) is 0.322. The number of sulfone groups is 1. The minimum absolute atomic E-state index is 0.0426. The van der Waals surface area contributed by atoms with Gasteiger partial charge in [0.15, 0.2) is 9.84 Å². The van der Waals surface area contributed by atoms with Crippen molar-refractivity contribution in [2.45, 2.75) is 42.0 Å². The highest BCUT2D eigenvalue weighted by molar-refractivity contribution is 7.90. The lowest BCUT2D eigenvalue weighted by Gasteiger charge is -2.36.